The topological polar surface area (TPSA) is 68.6 Å². The number of aromatic nitrogens is 2. The molecule has 9 heteroatoms. The van der Waals surface area contributed by atoms with Gasteiger partial charge in [-0.25, -0.2) is 9.78 Å². The molecule has 2 saturated heterocycles. The van der Waals surface area contributed by atoms with Crippen LogP contribution < -0.4 is 5.32 Å². The van der Waals surface area contributed by atoms with Crippen LogP contribution >= 0.6 is 24.8 Å². The number of hydrogen-bond acceptors (Lipinski definition) is 5. The van der Waals surface area contributed by atoms with Gasteiger partial charge in [0.25, 0.3) is 0 Å². The van der Waals surface area contributed by atoms with E-state index in [1.165, 1.54) is 0 Å². The van der Waals surface area contributed by atoms with Crippen LogP contribution in [0.2, 0.25) is 0 Å². The molecule has 132 valence electrons. The predicted molar refractivity (Wildman–Crippen MR) is 90.3 cm³/mol. The van der Waals surface area contributed by atoms with Gasteiger partial charge in [0.15, 0.2) is 0 Å². The molecule has 3 heterocycles. The van der Waals surface area contributed by atoms with E-state index in [0.717, 1.165) is 38.2 Å². The largest absolute Gasteiger partial charge is 0.441 e. The summed E-state index contributed by atoms with van der Waals surface area (Å²) in [6.45, 7) is 4.40. The number of carbonyl (C=O) groups excluding carboxylic acids is 1. The van der Waals surface area contributed by atoms with Gasteiger partial charge in [-0.1, -0.05) is 0 Å². The van der Waals surface area contributed by atoms with Crippen LogP contribution in [0.15, 0.2) is 12.5 Å². The maximum absolute atomic E-state index is 12.1. The number of halogens is 2. The highest BCUT2D eigenvalue weighted by Crippen LogP contribution is 2.31. The summed E-state index contributed by atoms with van der Waals surface area (Å²) >= 11 is 0. The fraction of sp³-hybridized carbons (Fsp3) is 0.714. The van der Waals surface area contributed by atoms with E-state index in [4.69, 9.17) is 9.47 Å². The van der Waals surface area contributed by atoms with E-state index < -0.39 is 0 Å². The number of methoxy groups -OCH3 is 1. The quantitative estimate of drug-likeness (QED) is 0.853. The van der Waals surface area contributed by atoms with Crippen molar-refractivity contribution in [2.45, 2.75) is 31.5 Å². The van der Waals surface area contributed by atoms with Crippen molar-refractivity contribution in [3.05, 3.63) is 18.2 Å². The molecule has 2 fully saturated rings. The third-order valence-corrected chi connectivity index (χ3v) is 4.24. The monoisotopic (exact) mass is 366 g/mol. The second-order valence-corrected chi connectivity index (χ2v) is 5.73. The van der Waals surface area contributed by atoms with Crippen LogP contribution in [0, 0.1) is 0 Å². The van der Waals surface area contributed by atoms with E-state index in [-0.39, 0.29) is 36.5 Å². The van der Waals surface area contributed by atoms with Crippen molar-refractivity contribution in [2.75, 3.05) is 33.4 Å². The fourth-order valence-electron chi connectivity index (χ4n) is 3.02. The first-order valence-corrected chi connectivity index (χ1v) is 7.39. The Morgan fingerprint density at radius 3 is 2.83 bits per heavy atom. The van der Waals surface area contributed by atoms with Crippen LogP contribution in [-0.2, 0) is 22.6 Å². The number of imidazole rings is 1. The Bertz CT molecular complexity index is 506. The molecule has 1 amide bonds. The molecule has 2 aliphatic rings. The zero-order valence-corrected chi connectivity index (χ0v) is 14.8. The minimum absolute atomic E-state index is 0. The summed E-state index contributed by atoms with van der Waals surface area (Å²) in [5.41, 5.74) is 0.717. The average Bonchev–Trinajstić information content (AvgIpc) is 3.03. The molecule has 0 radical (unpaired) electrons. The van der Waals surface area contributed by atoms with E-state index in [0.29, 0.717) is 19.7 Å². The van der Waals surface area contributed by atoms with Crippen LogP contribution in [0.4, 0.5) is 4.79 Å². The van der Waals surface area contributed by atoms with Gasteiger partial charge in [-0.2, -0.15) is 0 Å². The van der Waals surface area contributed by atoms with Crippen LogP contribution in [0.3, 0.4) is 0 Å². The first kappa shape index (κ1) is 20.0. The minimum atomic E-state index is -0.292. The molecule has 0 bridgehead atoms. The molecule has 0 aromatic carbocycles. The third kappa shape index (κ3) is 4.50. The van der Waals surface area contributed by atoms with Crippen LogP contribution in [-0.4, -0.2) is 59.5 Å². The van der Waals surface area contributed by atoms with Crippen molar-refractivity contribution in [3.63, 3.8) is 0 Å². The van der Waals surface area contributed by atoms with Crippen molar-refractivity contribution in [1.82, 2.24) is 19.8 Å². The second-order valence-electron chi connectivity index (χ2n) is 5.73. The molecule has 0 atom stereocenters. The van der Waals surface area contributed by atoms with E-state index in [1.54, 1.807) is 24.5 Å². The van der Waals surface area contributed by atoms with Gasteiger partial charge in [0.2, 0.25) is 0 Å². The zero-order chi connectivity index (χ0) is 14.7. The number of piperidine rings is 1. The summed E-state index contributed by atoms with van der Waals surface area (Å²) in [6.07, 6.45) is 5.14. The number of nitrogens with zero attached hydrogens (tertiary/aromatic N) is 3. The Morgan fingerprint density at radius 1 is 1.39 bits per heavy atom. The Kier molecular flexibility index (Phi) is 7.60. The number of rotatable bonds is 5. The van der Waals surface area contributed by atoms with Crippen LogP contribution in [0.1, 0.15) is 18.5 Å². The molecule has 0 saturated carbocycles. The predicted octanol–water partition coefficient (Wildman–Crippen LogP) is 1.45. The Morgan fingerprint density at radius 2 is 2.13 bits per heavy atom. The highest BCUT2D eigenvalue weighted by Gasteiger charge is 2.45. The van der Waals surface area contributed by atoms with Gasteiger partial charge in [-0.15, -0.1) is 24.8 Å². The van der Waals surface area contributed by atoms with Gasteiger partial charge in [-0.3, -0.25) is 4.90 Å². The van der Waals surface area contributed by atoms with Gasteiger partial charge in [0, 0.05) is 32.7 Å². The van der Waals surface area contributed by atoms with Gasteiger partial charge in [-0.05, 0) is 13.1 Å². The zero-order valence-electron chi connectivity index (χ0n) is 13.2. The number of ether oxygens (including phenoxy) is 2. The minimum Gasteiger partial charge on any atom is -0.441 e. The summed E-state index contributed by atoms with van der Waals surface area (Å²) in [5.74, 6) is 0. The maximum atomic E-state index is 12.1. The molecule has 1 aromatic rings. The van der Waals surface area contributed by atoms with Gasteiger partial charge < -0.3 is 19.4 Å². The van der Waals surface area contributed by atoms with Gasteiger partial charge in [0.05, 0.1) is 31.7 Å². The first-order chi connectivity index (χ1) is 10.2. The Balaban J connectivity index is 0.00000132. The smallest absolute Gasteiger partial charge is 0.410 e. The summed E-state index contributed by atoms with van der Waals surface area (Å²) in [4.78, 5) is 18.1. The third-order valence-electron chi connectivity index (χ3n) is 4.24. The molecular weight excluding hydrogens is 343 g/mol. The van der Waals surface area contributed by atoms with E-state index in [2.05, 4.69) is 10.3 Å². The van der Waals surface area contributed by atoms with Crippen LogP contribution in [0.25, 0.3) is 0 Å². The summed E-state index contributed by atoms with van der Waals surface area (Å²) in [5, 5.41) is 3.31. The van der Waals surface area contributed by atoms with Crippen molar-refractivity contribution < 1.29 is 14.3 Å². The average molecular weight is 367 g/mol. The van der Waals surface area contributed by atoms with E-state index in [9.17, 15) is 4.79 Å². The molecule has 7 nitrogen and oxygen atoms in total. The standard InChI is InChI=1S/C14H22N4O3.2ClH/c1-20-7-6-17-11-16-8-12(17)9-18-10-14(21-13(18)19)2-4-15-5-3-14;;/h8,11,15H,2-7,9-10H2,1H3;2*1H. The normalized spacial score (nSPS) is 19.2. The lowest BCUT2D eigenvalue weighted by Gasteiger charge is -2.31. The molecule has 1 spiro atoms. The first-order valence-electron chi connectivity index (χ1n) is 7.39. The lowest BCUT2D eigenvalue weighted by Crippen LogP contribution is -2.44. The lowest BCUT2D eigenvalue weighted by atomic mass is 9.92. The van der Waals surface area contributed by atoms with Crippen molar-refractivity contribution in [3.8, 4) is 0 Å². The van der Waals surface area contributed by atoms with Crippen molar-refractivity contribution in [1.29, 1.82) is 0 Å². The van der Waals surface area contributed by atoms with Crippen molar-refractivity contribution >= 4 is 30.9 Å². The highest BCUT2D eigenvalue weighted by atomic mass is 35.5. The summed E-state index contributed by atoms with van der Waals surface area (Å²) in [7, 11) is 1.68. The number of carbonyl (C=O) groups is 1. The molecule has 1 aromatic heterocycles. The van der Waals surface area contributed by atoms with Crippen molar-refractivity contribution in [2.24, 2.45) is 0 Å². The SMILES string of the molecule is COCCn1cncc1CN1CC2(CCNCC2)OC1=O.Cl.Cl. The molecular formula is C14H24Cl2N4O3. The lowest BCUT2D eigenvalue weighted by molar-refractivity contribution is 0.0316. The summed E-state index contributed by atoms with van der Waals surface area (Å²) in [6, 6.07) is 0. The molecule has 0 unspecified atom stereocenters. The van der Waals surface area contributed by atoms with Crippen LogP contribution in [0.5, 0.6) is 0 Å². The Hall–Kier alpha value is -1.02. The molecule has 1 N–H and O–H groups in total. The highest BCUT2D eigenvalue weighted by molar-refractivity contribution is 5.85. The van der Waals surface area contributed by atoms with E-state index >= 15 is 0 Å². The molecule has 3 rings (SSSR count). The second kappa shape index (κ2) is 8.73. The number of hydrogen-bond donors (Lipinski definition) is 1. The number of amides is 1. The molecule has 23 heavy (non-hydrogen) atoms. The molecule has 2 aliphatic heterocycles. The maximum Gasteiger partial charge on any atom is 0.410 e. The van der Waals surface area contributed by atoms with Gasteiger partial charge >= 0.3 is 6.09 Å². The summed E-state index contributed by atoms with van der Waals surface area (Å²) < 4.78 is 12.8. The Labute approximate surface area is 148 Å². The number of nitrogens with one attached hydrogen (secondary N) is 1. The van der Waals surface area contributed by atoms with Gasteiger partial charge in [0.1, 0.15) is 5.60 Å². The fourth-order valence-corrected chi connectivity index (χ4v) is 3.02. The molecule has 0 aliphatic carbocycles. The van der Waals surface area contributed by atoms with E-state index in [1.807, 2.05) is 4.57 Å².